The van der Waals surface area contributed by atoms with Crippen molar-refractivity contribution < 1.29 is 9.53 Å². The predicted octanol–water partition coefficient (Wildman–Crippen LogP) is 3.17. The van der Waals surface area contributed by atoms with E-state index in [2.05, 4.69) is 35.8 Å². The summed E-state index contributed by atoms with van der Waals surface area (Å²) in [6.45, 7) is 9.67. The van der Waals surface area contributed by atoms with E-state index in [0.717, 1.165) is 21.3 Å². The Balaban J connectivity index is 1.78. The fourth-order valence-electron chi connectivity index (χ4n) is 2.89. The third-order valence-corrected chi connectivity index (χ3v) is 4.58. The minimum absolute atomic E-state index is 0.0383. The van der Waals surface area contributed by atoms with Crippen LogP contribution in [0.2, 0.25) is 0 Å². The fourth-order valence-corrected chi connectivity index (χ4v) is 3.37. The third-order valence-electron chi connectivity index (χ3n) is 3.96. The van der Waals surface area contributed by atoms with E-state index in [9.17, 15) is 4.79 Å². The molecule has 7 nitrogen and oxygen atoms in total. The Kier molecular flexibility index (Phi) is 4.42. The highest BCUT2D eigenvalue weighted by molar-refractivity contribution is 9.10. The first-order valence-corrected chi connectivity index (χ1v) is 8.78. The molecule has 130 valence electrons. The van der Waals surface area contributed by atoms with Gasteiger partial charge in [-0.25, -0.2) is 14.8 Å². The van der Waals surface area contributed by atoms with Gasteiger partial charge in [0.05, 0.1) is 5.39 Å². The zero-order valence-corrected chi connectivity index (χ0v) is 15.9. The van der Waals surface area contributed by atoms with Crippen LogP contribution in [0.3, 0.4) is 0 Å². The zero-order valence-electron chi connectivity index (χ0n) is 14.3. The number of nitrogens with zero attached hydrogens (tertiary/aromatic N) is 4. The molecular formula is C16H22BrN5O2. The lowest BCUT2D eigenvalue weighted by Crippen LogP contribution is -2.55. The highest BCUT2D eigenvalue weighted by atomic mass is 79.9. The first-order chi connectivity index (χ1) is 11.3. The summed E-state index contributed by atoms with van der Waals surface area (Å²) in [7, 11) is 0. The lowest BCUT2D eigenvalue weighted by Gasteiger charge is -2.40. The molecule has 0 spiro atoms. The van der Waals surface area contributed by atoms with Crippen molar-refractivity contribution in [1.29, 1.82) is 0 Å². The number of nitrogens with one attached hydrogen (secondary N) is 1. The molecule has 1 atom stereocenters. The SMILES string of the molecule is CC1CN(c2ncnc3[nH]cc(Br)c23)CCN1C(=O)OC(C)(C)C. The summed E-state index contributed by atoms with van der Waals surface area (Å²) < 4.78 is 6.44. The summed E-state index contributed by atoms with van der Waals surface area (Å²) in [5.74, 6) is 0.879. The number of aromatic nitrogens is 3. The highest BCUT2D eigenvalue weighted by Gasteiger charge is 2.32. The van der Waals surface area contributed by atoms with Gasteiger partial charge in [0.1, 0.15) is 23.4 Å². The molecule has 8 heteroatoms. The summed E-state index contributed by atoms with van der Waals surface area (Å²) in [6.07, 6.45) is 3.17. The molecule has 0 aromatic carbocycles. The van der Waals surface area contributed by atoms with Gasteiger partial charge in [0.2, 0.25) is 0 Å². The first kappa shape index (κ1) is 17.0. The summed E-state index contributed by atoms with van der Waals surface area (Å²) in [6, 6.07) is 0.0383. The first-order valence-electron chi connectivity index (χ1n) is 7.98. The van der Waals surface area contributed by atoms with Crippen LogP contribution in [0, 0.1) is 0 Å². The highest BCUT2D eigenvalue weighted by Crippen LogP contribution is 2.31. The smallest absolute Gasteiger partial charge is 0.410 e. The van der Waals surface area contributed by atoms with Crippen LogP contribution in [0.4, 0.5) is 10.6 Å². The molecule has 3 rings (SSSR count). The number of hydrogen-bond donors (Lipinski definition) is 1. The lowest BCUT2D eigenvalue weighted by molar-refractivity contribution is 0.0159. The van der Waals surface area contributed by atoms with Gasteiger partial charge in [-0.2, -0.15) is 0 Å². The van der Waals surface area contributed by atoms with Crippen LogP contribution in [-0.2, 0) is 4.74 Å². The number of carbonyl (C=O) groups excluding carboxylic acids is 1. The molecule has 24 heavy (non-hydrogen) atoms. The Labute approximate surface area is 149 Å². The average molecular weight is 396 g/mol. The number of ether oxygens (including phenoxy) is 1. The number of fused-ring (bicyclic) bond motifs is 1. The fraction of sp³-hybridized carbons (Fsp3) is 0.562. The molecule has 0 bridgehead atoms. The number of amides is 1. The summed E-state index contributed by atoms with van der Waals surface area (Å²) in [5, 5.41) is 0.968. The van der Waals surface area contributed by atoms with Crippen LogP contribution >= 0.6 is 15.9 Å². The molecule has 1 aliphatic heterocycles. The second kappa shape index (κ2) is 6.23. The van der Waals surface area contributed by atoms with Crippen LogP contribution in [0.15, 0.2) is 17.0 Å². The Morgan fingerprint density at radius 3 is 2.79 bits per heavy atom. The van der Waals surface area contributed by atoms with E-state index in [1.807, 2.05) is 33.9 Å². The number of anilines is 1. The van der Waals surface area contributed by atoms with Gasteiger partial charge in [-0.1, -0.05) is 0 Å². The van der Waals surface area contributed by atoms with E-state index in [1.165, 1.54) is 0 Å². The van der Waals surface area contributed by atoms with Gasteiger partial charge in [-0.15, -0.1) is 0 Å². The van der Waals surface area contributed by atoms with Crippen molar-refractivity contribution in [2.24, 2.45) is 0 Å². The topological polar surface area (TPSA) is 74.4 Å². The molecule has 1 N–H and O–H groups in total. The number of H-pyrrole nitrogens is 1. The van der Waals surface area contributed by atoms with Crippen LogP contribution in [0.25, 0.3) is 11.0 Å². The predicted molar refractivity (Wildman–Crippen MR) is 96.2 cm³/mol. The van der Waals surface area contributed by atoms with Crippen molar-refractivity contribution in [2.45, 2.75) is 39.3 Å². The number of carbonyl (C=O) groups is 1. The molecule has 0 radical (unpaired) electrons. The minimum atomic E-state index is -0.483. The van der Waals surface area contributed by atoms with E-state index in [4.69, 9.17) is 4.74 Å². The Bertz CT molecular complexity index is 754. The molecule has 2 aromatic rings. The Morgan fingerprint density at radius 2 is 2.12 bits per heavy atom. The normalized spacial score (nSPS) is 19.0. The molecule has 1 saturated heterocycles. The van der Waals surface area contributed by atoms with Crippen molar-refractivity contribution in [3.05, 3.63) is 17.0 Å². The summed E-state index contributed by atoms with van der Waals surface area (Å²) in [4.78, 5) is 28.1. The molecule has 0 saturated carbocycles. The summed E-state index contributed by atoms with van der Waals surface area (Å²) in [5.41, 5.74) is 0.317. The van der Waals surface area contributed by atoms with Gasteiger partial charge in [-0.3, -0.25) is 0 Å². The molecule has 1 amide bonds. The Hall–Kier alpha value is -1.83. The molecule has 0 aliphatic carbocycles. The van der Waals surface area contributed by atoms with Crippen LogP contribution in [-0.4, -0.2) is 57.2 Å². The van der Waals surface area contributed by atoms with Crippen molar-refractivity contribution in [3.63, 3.8) is 0 Å². The second-order valence-electron chi connectivity index (χ2n) is 7.03. The Morgan fingerprint density at radius 1 is 1.38 bits per heavy atom. The molecular weight excluding hydrogens is 374 g/mol. The number of rotatable bonds is 1. The van der Waals surface area contributed by atoms with E-state index < -0.39 is 5.60 Å². The zero-order chi connectivity index (χ0) is 17.5. The number of piperazine rings is 1. The van der Waals surface area contributed by atoms with Gasteiger partial charge < -0.3 is 19.5 Å². The second-order valence-corrected chi connectivity index (χ2v) is 7.88. The van der Waals surface area contributed by atoms with Gasteiger partial charge >= 0.3 is 6.09 Å². The maximum atomic E-state index is 12.3. The molecule has 2 aromatic heterocycles. The third kappa shape index (κ3) is 3.33. The van der Waals surface area contributed by atoms with Crippen molar-refractivity contribution in [1.82, 2.24) is 19.9 Å². The van der Waals surface area contributed by atoms with Crippen molar-refractivity contribution in [3.8, 4) is 0 Å². The van der Waals surface area contributed by atoms with Gasteiger partial charge in [0.15, 0.2) is 0 Å². The number of aromatic amines is 1. The van der Waals surface area contributed by atoms with Gasteiger partial charge in [-0.05, 0) is 43.6 Å². The maximum Gasteiger partial charge on any atom is 0.410 e. The quantitative estimate of drug-likeness (QED) is 0.802. The van der Waals surface area contributed by atoms with Crippen LogP contribution < -0.4 is 4.90 Å². The standard InChI is InChI=1S/C16H22BrN5O2/c1-10-8-21(5-6-22(10)15(23)24-16(2,3)4)14-12-11(17)7-18-13(12)19-9-20-14/h7,9-10H,5-6,8H2,1-4H3,(H,18,19,20). The number of halogens is 1. The monoisotopic (exact) mass is 395 g/mol. The lowest BCUT2D eigenvalue weighted by atomic mass is 10.2. The average Bonchev–Trinajstić information content (AvgIpc) is 2.87. The van der Waals surface area contributed by atoms with Gasteiger partial charge in [0.25, 0.3) is 0 Å². The minimum Gasteiger partial charge on any atom is -0.444 e. The molecule has 1 unspecified atom stereocenters. The largest absolute Gasteiger partial charge is 0.444 e. The number of hydrogen-bond acceptors (Lipinski definition) is 5. The molecule has 3 heterocycles. The van der Waals surface area contributed by atoms with E-state index in [-0.39, 0.29) is 12.1 Å². The van der Waals surface area contributed by atoms with Crippen LogP contribution in [0.5, 0.6) is 0 Å². The van der Waals surface area contributed by atoms with Crippen molar-refractivity contribution >= 4 is 38.9 Å². The van der Waals surface area contributed by atoms with E-state index >= 15 is 0 Å². The van der Waals surface area contributed by atoms with Gasteiger partial charge in [0, 0.05) is 36.3 Å². The van der Waals surface area contributed by atoms with E-state index in [0.29, 0.717) is 19.6 Å². The van der Waals surface area contributed by atoms with Crippen molar-refractivity contribution in [2.75, 3.05) is 24.5 Å². The summed E-state index contributed by atoms with van der Waals surface area (Å²) >= 11 is 3.55. The van der Waals surface area contributed by atoms with E-state index in [1.54, 1.807) is 11.2 Å². The molecule has 1 fully saturated rings. The van der Waals surface area contributed by atoms with Crippen LogP contribution in [0.1, 0.15) is 27.7 Å². The maximum absolute atomic E-state index is 12.3. The molecule has 1 aliphatic rings.